The smallest absolute Gasteiger partial charge is 0.357 e. The molecule has 1 N–H and O–H groups in total. The molecule has 102 valence electrons. The molecule has 0 unspecified atom stereocenters. The largest absolute Gasteiger partial charge is 0.464 e. The van der Waals surface area contributed by atoms with Crippen molar-refractivity contribution in [2.45, 2.75) is 6.92 Å². The van der Waals surface area contributed by atoms with Gasteiger partial charge in [0.15, 0.2) is 10.8 Å². The minimum atomic E-state index is -0.559. The van der Waals surface area contributed by atoms with E-state index >= 15 is 0 Å². The summed E-state index contributed by atoms with van der Waals surface area (Å²) in [4.78, 5) is 16.2. The summed E-state index contributed by atoms with van der Waals surface area (Å²) < 4.78 is 18.3. The van der Waals surface area contributed by atoms with Gasteiger partial charge in [0.1, 0.15) is 5.82 Å². The second-order valence-electron chi connectivity index (χ2n) is 3.85. The lowest BCUT2D eigenvalue weighted by Gasteiger charge is -2.03. The van der Waals surface area contributed by atoms with E-state index in [0.717, 1.165) is 6.07 Å². The van der Waals surface area contributed by atoms with Gasteiger partial charge in [-0.3, -0.25) is 0 Å². The SMILES string of the molecule is COC(=O)c1nc(Nc2ccc(C#N)cc2F)sc1C. The maximum absolute atomic E-state index is 13.7. The normalized spacial score (nSPS) is 9.90. The number of methoxy groups -OCH3 is 1. The number of benzene rings is 1. The van der Waals surface area contributed by atoms with Crippen LogP contribution in [0.15, 0.2) is 18.2 Å². The zero-order valence-corrected chi connectivity index (χ0v) is 11.5. The first kappa shape index (κ1) is 14.0. The fraction of sp³-hybridized carbons (Fsp3) is 0.154. The van der Waals surface area contributed by atoms with Crippen molar-refractivity contribution in [1.29, 1.82) is 5.26 Å². The van der Waals surface area contributed by atoms with E-state index in [0.29, 0.717) is 10.0 Å². The van der Waals surface area contributed by atoms with Gasteiger partial charge in [0.2, 0.25) is 0 Å². The van der Waals surface area contributed by atoms with Crippen LogP contribution in [0.1, 0.15) is 20.9 Å². The summed E-state index contributed by atoms with van der Waals surface area (Å²) in [5.41, 5.74) is 0.627. The van der Waals surface area contributed by atoms with Crippen LogP contribution in [0.5, 0.6) is 0 Å². The molecule has 0 radical (unpaired) electrons. The zero-order valence-electron chi connectivity index (χ0n) is 10.7. The number of nitrogens with one attached hydrogen (secondary N) is 1. The molecule has 7 heteroatoms. The second-order valence-corrected chi connectivity index (χ2v) is 5.05. The predicted octanol–water partition coefficient (Wildman–Crippen LogP) is 2.99. The molecular weight excluding hydrogens is 281 g/mol. The Labute approximate surface area is 118 Å². The minimum absolute atomic E-state index is 0.189. The lowest BCUT2D eigenvalue weighted by atomic mass is 10.2. The first-order valence-corrected chi connectivity index (χ1v) is 6.39. The van der Waals surface area contributed by atoms with Crippen LogP contribution in [-0.2, 0) is 4.74 Å². The maximum atomic E-state index is 13.7. The molecule has 0 aliphatic rings. The van der Waals surface area contributed by atoms with Gasteiger partial charge in [-0.2, -0.15) is 5.26 Å². The molecule has 0 saturated heterocycles. The number of carbonyl (C=O) groups is 1. The van der Waals surface area contributed by atoms with Gasteiger partial charge in [0.25, 0.3) is 0 Å². The van der Waals surface area contributed by atoms with Gasteiger partial charge >= 0.3 is 5.97 Å². The third-order valence-corrected chi connectivity index (χ3v) is 3.40. The zero-order chi connectivity index (χ0) is 14.7. The third kappa shape index (κ3) is 2.75. The number of esters is 1. The first-order valence-electron chi connectivity index (χ1n) is 5.57. The standard InChI is InChI=1S/C13H10FN3O2S/c1-7-11(12(18)19-2)17-13(20-7)16-10-4-3-8(6-15)5-9(10)14/h3-5H,1-2H3,(H,16,17). The number of aryl methyl sites for hydroxylation is 1. The summed E-state index contributed by atoms with van der Waals surface area (Å²) in [6.45, 7) is 1.73. The number of halogens is 1. The number of aromatic nitrogens is 1. The molecule has 0 bridgehead atoms. The van der Waals surface area contributed by atoms with Crippen molar-refractivity contribution in [3.05, 3.63) is 40.2 Å². The molecule has 0 atom stereocenters. The summed E-state index contributed by atoms with van der Waals surface area (Å²) in [6, 6.07) is 5.92. The fourth-order valence-electron chi connectivity index (χ4n) is 1.54. The van der Waals surface area contributed by atoms with Crippen LogP contribution in [0.4, 0.5) is 15.2 Å². The van der Waals surface area contributed by atoms with E-state index in [1.807, 2.05) is 6.07 Å². The summed E-state index contributed by atoms with van der Waals surface area (Å²) in [5, 5.41) is 11.8. The molecule has 0 amide bonds. The molecule has 0 aliphatic carbocycles. The number of thiazole rings is 1. The van der Waals surface area contributed by atoms with E-state index < -0.39 is 11.8 Å². The van der Waals surface area contributed by atoms with Crippen LogP contribution in [0.2, 0.25) is 0 Å². The lowest BCUT2D eigenvalue weighted by Crippen LogP contribution is -2.03. The van der Waals surface area contributed by atoms with Gasteiger partial charge in [-0.05, 0) is 25.1 Å². The molecule has 1 heterocycles. The van der Waals surface area contributed by atoms with Crippen molar-refractivity contribution in [2.75, 3.05) is 12.4 Å². The van der Waals surface area contributed by atoms with Crippen LogP contribution >= 0.6 is 11.3 Å². The lowest BCUT2D eigenvalue weighted by molar-refractivity contribution is 0.0594. The van der Waals surface area contributed by atoms with Gasteiger partial charge in [0.05, 0.1) is 24.4 Å². The first-order chi connectivity index (χ1) is 9.55. The number of rotatable bonds is 3. The van der Waals surface area contributed by atoms with Gasteiger partial charge in [-0.1, -0.05) is 0 Å². The molecular formula is C13H10FN3O2S. The predicted molar refractivity (Wildman–Crippen MR) is 72.6 cm³/mol. The highest BCUT2D eigenvalue weighted by Crippen LogP contribution is 2.27. The van der Waals surface area contributed by atoms with E-state index in [2.05, 4.69) is 15.0 Å². The highest BCUT2D eigenvalue weighted by atomic mass is 32.1. The number of hydrogen-bond donors (Lipinski definition) is 1. The van der Waals surface area contributed by atoms with Crippen LogP contribution in [-0.4, -0.2) is 18.1 Å². The Morgan fingerprint density at radius 2 is 2.30 bits per heavy atom. The number of nitrogens with zero attached hydrogens (tertiary/aromatic N) is 2. The van der Waals surface area contributed by atoms with Crippen molar-refractivity contribution in [2.24, 2.45) is 0 Å². The van der Waals surface area contributed by atoms with Crippen LogP contribution in [0, 0.1) is 24.1 Å². The molecule has 1 aromatic carbocycles. The average molecular weight is 291 g/mol. The molecule has 0 saturated carbocycles. The van der Waals surface area contributed by atoms with E-state index in [1.54, 1.807) is 6.92 Å². The number of hydrogen-bond acceptors (Lipinski definition) is 6. The molecule has 2 rings (SSSR count). The summed E-state index contributed by atoms with van der Waals surface area (Å²) >= 11 is 1.22. The molecule has 20 heavy (non-hydrogen) atoms. The van der Waals surface area contributed by atoms with Crippen molar-refractivity contribution < 1.29 is 13.9 Å². The Bertz CT molecular complexity index is 706. The van der Waals surface area contributed by atoms with E-state index in [-0.39, 0.29) is 16.9 Å². The van der Waals surface area contributed by atoms with Crippen LogP contribution in [0.25, 0.3) is 0 Å². The number of nitriles is 1. The van der Waals surface area contributed by atoms with Crippen molar-refractivity contribution in [3.8, 4) is 6.07 Å². The number of anilines is 2. The van der Waals surface area contributed by atoms with E-state index in [9.17, 15) is 9.18 Å². The summed E-state index contributed by atoms with van der Waals surface area (Å²) in [5.74, 6) is -1.09. The van der Waals surface area contributed by atoms with Crippen molar-refractivity contribution >= 4 is 28.1 Å². The Morgan fingerprint density at radius 1 is 1.55 bits per heavy atom. The highest BCUT2D eigenvalue weighted by Gasteiger charge is 2.16. The number of ether oxygens (including phenoxy) is 1. The molecule has 0 fully saturated rings. The van der Waals surface area contributed by atoms with Crippen molar-refractivity contribution in [1.82, 2.24) is 4.98 Å². The number of carbonyl (C=O) groups excluding carboxylic acids is 1. The Balaban J connectivity index is 2.27. The Hall–Kier alpha value is -2.46. The van der Waals surface area contributed by atoms with E-state index in [4.69, 9.17) is 5.26 Å². The van der Waals surface area contributed by atoms with Crippen molar-refractivity contribution in [3.63, 3.8) is 0 Å². The van der Waals surface area contributed by atoms with Gasteiger partial charge in [0, 0.05) is 4.88 Å². The van der Waals surface area contributed by atoms with E-state index in [1.165, 1.54) is 30.6 Å². The highest BCUT2D eigenvalue weighted by molar-refractivity contribution is 7.15. The fourth-order valence-corrected chi connectivity index (χ4v) is 2.35. The average Bonchev–Trinajstić information content (AvgIpc) is 2.81. The molecule has 0 spiro atoms. The third-order valence-electron chi connectivity index (χ3n) is 2.52. The van der Waals surface area contributed by atoms with Gasteiger partial charge < -0.3 is 10.1 Å². The van der Waals surface area contributed by atoms with Gasteiger partial charge in [-0.25, -0.2) is 14.2 Å². The Morgan fingerprint density at radius 3 is 2.90 bits per heavy atom. The summed E-state index contributed by atoms with van der Waals surface area (Å²) in [6.07, 6.45) is 0. The van der Waals surface area contributed by atoms with Crippen LogP contribution < -0.4 is 5.32 Å². The van der Waals surface area contributed by atoms with Crippen LogP contribution in [0.3, 0.4) is 0 Å². The summed E-state index contributed by atoms with van der Waals surface area (Å²) in [7, 11) is 1.27. The molecule has 0 aliphatic heterocycles. The monoisotopic (exact) mass is 291 g/mol. The maximum Gasteiger partial charge on any atom is 0.357 e. The topological polar surface area (TPSA) is 75.0 Å². The Kier molecular flexibility index (Phi) is 3.96. The van der Waals surface area contributed by atoms with Gasteiger partial charge in [-0.15, -0.1) is 11.3 Å². The second kappa shape index (κ2) is 5.67. The minimum Gasteiger partial charge on any atom is -0.464 e. The molecule has 5 nitrogen and oxygen atoms in total. The quantitative estimate of drug-likeness (QED) is 0.880. The molecule has 2 aromatic rings. The molecule has 1 aromatic heterocycles.